The predicted molar refractivity (Wildman–Crippen MR) is 72.5 cm³/mol. The lowest BCUT2D eigenvalue weighted by Gasteiger charge is -2.19. The molecule has 0 bridgehead atoms. The van der Waals surface area contributed by atoms with Crippen molar-refractivity contribution in [1.29, 1.82) is 0 Å². The molecule has 0 amide bonds. The van der Waals surface area contributed by atoms with Crippen LogP contribution in [0, 0.1) is 0 Å². The molecule has 2 aromatic rings. The van der Waals surface area contributed by atoms with Gasteiger partial charge in [0.2, 0.25) is 0 Å². The molecule has 0 aromatic carbocycles. The maximum atomic E-state index is 4.64. The van der Waals surface area contributed by atoms with E-state index in [2.05, 4.69) is 41.0 Å². The van der Waals surface area contributed by atoms with E-state index in [4.69, 9.17) is 0 Å². The molecular weight excluding hydrogens is 226 g/mol. The normalized spacial score (nSPS) is 11.6. The van der Waals surface area contributed by atoms with Crippen LogP contribution in [0.15, 0.2) is 18.6 Å². The molecule has 96 valence electrons. The van der Waals surface area contributed by atoms with Crippen LogP contribution in [-0.2, 0) is 12.5 Å². The maximum Gasteiger partial charge on any atom is 0.180 e. The van der Waals surface area contributed by atoms with Crippen LogP contribution in [0.2, 0.25) is 0 Å². The van der Waals surface area contributed by atoms with Crippen molar-refractivity contribution in [2.45, 2.75) is 26.2 Å². The van der Waals surface area contributed by atoms with E-state index in [1.165, 1.54) is 0 Å². The Balaban J connectivity index is 2.58. The van der Waals surface area contributed by atoms with Crippen molar-refractivity contribution in [3.8, 4) is 11.5 Å². The molecule has 0 fully saturated rings. The number of hydrogen-bond donors (Lipinski definition) is 1. The lowest BCUT2D eigenvalue weighted by molar-refractivity contribution is 0.568. The first-order valence-electron chi connectivity index (χ1n) is 5.96. The van der Waals surface area contributed by atoms with Crippen molar-refractivity contribution in [3.63, 3.8) is 0 Å². The third-order valence-corrected chi connectivity index (χ3v) is 2.80. The summed E-state index contributed by atoms with van der Waals surface area (Å²) in [5.74, 6) is 1.53. The summed E-state index contributed by atoms with van der Waals surface area (Å²) in [6.07, 6.45) is 3.53. The van der Waals surface area contributed by atoms with Gasteiger partial charge < -0.3 is 9.88 Å². The van der Waals surface area contributed by atoms with Gasteiger partial charge in [0.1, 0.15) is 11.5 Å². The van der Waals surface area contributed by atoms with E-state index in [1.54, 1.807) is 12.5 Å². The summed E-state index contributed by atoms with van der Waals surface area (Å²) in [6.45, 7) is 6.42. The van der Waals surface area contributed by atoms with Gasteiger partial charge in [-0.1, -0.05) is 20.8 Å². The fourth-order valence-electron chi connectivity index (χ4n) is 1.65. The SMILES string of the molecule is CNc1cc(C(C)(C)C)nc(-c2cncn2C)n1. The number of imidazole rings is 1. The summed E-state index contributed by atoms with van der Waals surface area (Å²) in [5, 5.41) is 3.08. The Labute approximate surface area is 107 Å². The van der Waals surface area contributed by atoms with Crippen molar-refractivity contribution >= 4 is 5.82 Å². The van der Waals surface area contributed by atoms with E-state index in [0.29, 0.717) is 5.82 Å². The molecule has 5 heteroatoms. The molecule has 2 rings (SSSR count). The molecule has 0 aliphatic rings. The van der Waals surface area contributed by atoms with Gasteiger partial charge in [0.25, 0.3) is 0 Å². The van der Waals surface area contributed by atoms with Crippen molar-refractivity contribution < 1.29 is 0 Å². The molecule has 2 heterocycles. The second kappa shape index (κ2) is 4.40. The maximum absolute atomic E-state index is 4.64. The summed E-state index contributed by atoms with van der Waals surface area (Å²) < 4.78 is 1.92. The zero-order valence-electron chi connectivity index (χ0n) is 11.5. The van der Waals surface area contributed by atoms with Crippen LogP contribution in [-0.4, -0.2) is 26.6 Å². The molecule has 0 atom stereocenters. The van der Waals surface area contributed by atoms with Crippen LogP contribution >= 0.6 is 0 Å². The first-order valence-corrected chi connectivity index (χ1v) is 5.96. The fourth-order valence-corrected chi connectivity index (χ4v) is 1.65. The van der Waals surface area contributed by atoms with Crippen LogP contribution in [0.3, 0.4) is 0 Å². The van der Waals surface area contributed by atoms with Gasteiger partial charge in [0.05, 0.1) is 18.2 Å². The quantitative estimate of drug-likeness (QED) is 0.881. The van der Waals surface area contributed by atoms with E-state index >= 15 is 0 Å². The van der Waals surface area contributed by atoms with Gasteiger partial charge in [-0.15, -0.1) is 0 Å². The molecule has 0 aliphatic carbocycles. The van der Waals surface area contributed by atoms with Crippen LogP contribution in [0.25, 0.3) is 11.5 Å². The Bertz CT molecular complexity index is 551. The van der Waals surface area contributed by atoms with Gasteiger partial charge >= 0.3 is 0 Å². The van der Waals surface area contributed by atoms with Crippen LogP contribution < -0.4 is 5.32 Å². The average molecular weight is 245 g/mol. The first kappa shape index (κ1) is 12.5. The smallest absolute Gasteiger partial charge is 0.180 e. The zero-order chi connectivity index (χ0) is 13.3. The highest BCUT2D eigenvalue weighted by atomic mass is 15.1. The van der Waals surface area contributed by atoms with Gasteiger partial charge in [-0.25, -0.2) is 15.0 Å². The summed E-state index contributed by atoms with van der Waals surface area (Å²) in [4.78, 5) is 13.2. The van der Waals surface area contributed by atoms with Gasteiger partial charge in [-0.05, 0) is 0 Å². The van der Waals surface area contributed by atoms with E-state index < -0.39 is 0 Å². The largest absolute Gasteiger partial charge is 0.373 e. The first-order chi connectivity index (χ1) is 8.41. The van der Waals surface area contributed by atoms with Gasteiger partial charge in [-0.2, -0.15) is 0 Å². The highest BCUT2D eigenvalue weighted by molar-refractivity contribution is 5.53. The molecule has 0 aliphatic heterocycles. The molecule has 0 unspecified atom stereocenters. The lowest BCUT2D eigenvalue weighted by atomic mass is 9.92. The van der Waals surface area contributed by atoms with E-state index in [0.717, 1.165) is 17.2 Å². The minimum Gasteiger partial charge on any atom is -0.373 e. The Morgan fingerprint density at radius 3 is 2.44 bits per heavy atom. The number of nitrogens with one attached hydrogen (secondary N) is 1. The number of hydrogen-bond acceptors (Lipinski definition) is 4. The Kier molecular flexibility index (Phi) is 3.07. The van der Waals surface area contributed by atoms with Crippen molar-refractivity contribution in [2.75, 3.05) is 12.4 Å². The predicted octanol–water partition coefficient (Wildman–Crippen LogP) is 2.22. The average Bonchev–Trinajstić information content (AvgIpc) is 2.73. The minimum atomic E-state index is -0.0120. The van der Waals surface area contributed by atoms with E-state index in [1.807, 2.05) is 24.7 Å². The van der Waals surface area contributed by atoms with Gasteiger partial charge in [0.15, 0.2) is 5.82 Å². The van der Waals surface area contributed by atoms with Crippen LogP contribution in [0.5, 0.6) is 0 Å². The van der Waals surface area contributed by atoms with Crippen molar-refractivity contribution in [3.05, 3.63) is 24.3 Å². The third kappa shape index (κ3) is 2.34. The number of nitrogens with zero attached hydrogens (tertiary/aromatic N) is 4. The van der Waals surface area contributed by atoms with Gasteiger partial charge in [0, 0.05) is 25.6 Å². The lowest BCUT2D eigenvalue weighted by Crippen LogP contribution is -2.15. The summed E-state index contributed by atoms with van der Waals surface area (Å²) in [7, 11) is 3.80. The molecule has 0 spiro atoms. The summed E-state index contributed by atoms with van der Waals surface area (Å²) >= 11 is 0. The molecule has 5 nitrogen and oxygen atoms in total. The molecule has 0 radical (unpaired) electrons. The number of aromatic nitrogens is 4. The molecule has 0 saturated heterocycles. The van der Waals surface area contributed by atoms with Crippen LogP contribution in [0.4, 0.5) is 5.82 Å². The Morgan fingerprint density at radius 2 is 1.94 bits per heavy atom. The van der Waals surface area contributed by atoms with Gasteiger partial charge in [-0.3, -0.25) is 0 Å². The Hall–Kier alpha value is -1.91. The monoisotopic (exact) mass is 245 g/mol. The standard InChI is InChI=1S/C13H19N5/c1-13(2,3)10-6-11(14-4)17-12(16-10)9-7-15-8-18(9)5/h6-8H,1-5H3,(H,14,16,17). The zero-order valence-corrected chi connectivity index (χ0v) is 11.5. The summed E-state index contributed by atoms with van der Waals surface area (Å²) in [6, 6.07) is 1.99. The summed E-state index contributed by atoms with van der Waals surface area (Å²) in [5.41, 5.74) is 1.91. The second-order valence-corrected chi connectivity index (χ2v) is 5.35. The number of aryl methyl sites for hydroxylation is 1. The molecule has 18 heavy (non-hydrogen) atoms. The molecule has 2 aromatic heterocycles. The highest BCUT2D eigenvalue weighted by Gasteiger charge is 2.19. The molecular formula is C13H19N5. The Morgan fingerprint density at radius 1 is 1.22 bits per heavy atom. The number of rotatable bonds is 2. The topological polar surface area (TPSA) is 55.6 Å². The van der Waals surface area contributed by atoms with Crippen molar-refractivity contribution in [2.24, 2.45) is 7.05 Å². The van der Waals surface area contributed by atoms with E-state index in [-0.39, 0.29) is 5.41 Å². The van der Waals surface area contributed by atoms with Crippen molar-refractivity contribution in [1.82, 2.24) is 19.5 Å². The molecule has 1 N–H and O–H groups in total. The second-order valence-electron chi connectivity index (χ2n) is 5.35. The van der Waals surface area contributed by atoms with E-state index in [9.17, 15) is 0 Å². The highest BCUT2D eigenvalue weighted by Crippen LogP contribution is 2.25. The minimum absolute atomic E-state index is 0.0120. The fraction of sp³-hybridized carbons (Fsp3) is 0.462. The molecule has 0 saturated carbocycles. The number of anilines is 1. The third-order valence-electron chi connectivity index (χ3n) is 2.80. The van der Waals surface area contributed by atoms with Crippen LogP contribution in [0.1, 0.15) is 26.5 Å².